The molecule has 0 bridgehead atoms. The Kier molecular flexibility index (Phi) is 4.91. The van der Waals surface area contributed by atoms with Gasteiger partial charge >= 0.3 is 6.09 Å². The molecule has 1 heterocycles. The van der Waals surface area contributed by atoms with Crippen LogP contribution in [0.2, 0.25) is 0 Å². The highest BCUT2D eigenvalue weighted by atomic mass is 16.6. The lowest BCUT2D eigenvalue weighted by Gasteiger charge is -2.28. The third-order valence-electron chi connectivity index (χ3n) is 3.79. The van der Waals surface area contributed by atoms with E-state index in [2.05, 4.69) is 17.3 Å². The lowest BCUT2D eigenvalue weighted by molar-refractivity contribution is 0.0235. The highest BCUT2D eigenvalue weighted by Gasteiger charge is 2.35. The Bertz CT molecular complexity index is 337. The van der Waals surface area contributed by atoms with Crippen molar-refractivity contribution in [3.63, 3.8) is 0 Å². The van der Waals surface area contributed by atoms with Crippen LogP contribution in [0, 0.1) is 0 Å². The summed E-state index contributed by atoms with van der Waals surface area (Å²) in [5.41, 5.74) is -0.411. The number of nitrogens with one attached hydrogen (secondary N) is 1. The summed E-state index contributed by atoms with van der Waals surface area (Å²) >= 11 is 0. The first-order chi connectivity index (χ1) is 9.35. The van der Waals surface area contributed by atoms with Crippen LogP contribution < -0.4 is 5.32 Å². The Morgan fingerprint density at radius 3 is 2.55 bits per heavy atom. The van der Waals surface area contributed by atoms with E-state index in [9.17, 15) is 4.79 Å². The summed E-state index contributed by atoms with van der Waals surface area (Å²) in [6.45, 7) is 9.63. The van der Waals surface area contributed by atoms with E-state index in [0.717, 1.165) is 39.0 Å². The number of amides is 1. The molecule has 5 nitrogen and oxygen atoms in total. The van der Waals surface area contributed by atoms with Gasteiger partial charge in [-0.2, -0.15) is 0 Å². The Balaban J connectivity index is 1.73. The van der Waals surface area contributed by atoms with Crippen LogP contribution in [0.25, 0.3) is 0 Å². The first kappa shape index (κ1) is 15.6. The second-order valence-electron chi connectivity index (χ2n) is 7.11. The lowest BCUT2D eigenvalue weighted by Crippen LogP contribution is -2.43. The monoisotopic (exact) mass is 283 g/mol. The van der Waals surface area contributed by atoms with Crippen molar-refractivity contribution < 1.29 is 9.53 Å². The van der Waals surface area contributed by atoms with Gasteiger partial charge in [-0.05, 0) is 53.6 Å². The molecule has 0 radical (unpaired) electrons. The first-order valence-electron chi connectivity index (χ1n) is 7.77. The maximum absolute atomic E-state index is 12.2. The van der Waals surface area contributed by atoms with E-state index in [0.29, 0.717) is 12.1 Å². The number of nitrogens with zero attached hydrogens (tertiary/aromatic N) is 2. The maximum Gasteiger partial charge on any atom is 0.410 e. The predicted molar refractivity (Wildman–Crippen MR) is 79.9 cm³/mol. The van der Waals surface area contributed by atoms with Gasteiger partial charge in [0.2, 0.25) is 0 Å². The third-order valence-corrected chi connectivity index (χ3v) is 3.79. The Morgan fingerprint density at radius 2 is 2.05 bits per heavy atom. The van der Waals surface area contributed by atoms with Gasteiger partial charge in [0.15, 0.2) is 0 Å². The largest absolute Gasteiger partial charge is 0.444 e. The predicted octanol–water partition coefficient (Wildman–Crippen LogP) is 1.68. The molecule has 1 aliphatic carbocycles. The summed E-state index contributed by atoms with van der Waals surface area (Å²) in [6, 6.07) is 0.970. The van der Waals surface area contributed by atoms with Crippen LogP contribution in [-0.2, 0) is 4.74 Å². The number of likely N-dealkylation sites (tertiary alicyclic amines) is 1. The van der Waals surface area contributed by atoms with Gasteiger partial charge in [-0.1, -0.05) is 0 Å². The van der Waals surface area contributed by atoms with Crippen LogP contribution in [0.1, 0.15) is 40.0 Å². The molecule has 0 spiro atoms. The van der Waals surface area contributed by atoms with Gasteiger partial charge in [0.1, 0.15) is 5.60 Å². The molecule has 2 aliphatic rings. The number of carbonyl (C=O) groups excluding carboxylic acids is 1. The molecular formula is C15H29N3O2. The molecule has 1 saturated heterocycles. The molecule has 2 fully saturated rings. The number of rotatable bonds is 5. The average Bonchev–Trinajstić information content (AvgIpc) is 3.06. The zero-order valence-corrected chi connectivity index (χ0v) is 13.3. The molecule has 0 aromatic carbocycles. The molecule has 1 aliphatic heterocycles. The van der Waals surface area contributed by atoms with E-state index in [4.69, 9.17) is 4.74 Å². The van der Waals surface area contributed by atoms with E-state index in [1.165, 1.54) is 6.42 Å². The van der Waals surface area contributed by atoms with Crippen molar-refractivity contribution in [1.82, 2.24) is 15.1 Å². The smallest absolute Gasteiger partial charge is 0.410 e. The molecule has 1 atom stereocenters. The van der Waals surface area contributed by atoms with E-state index in [-0.39, 0.29) is 6.09 Å². The number of ether oxygens (including phenoxy) is 1. The quantitative estimate of drug-likeness (QED) is 0.834. The van der Waals surface area contributed by atoms with E-state index in [1.54, 1.807) is 0 Å². The standard InChI is InChI=1S/C15H29N3O2/c1-15(2,3)20-14(19)18(13-5-6-13)10-8-16-12-7-9-17(4)11-12/h12-13,16H,5-11H2,1-4H3. The van der Waals surface area contributed by atoms with Gasteiger partial charge in [0.05, 0.1) is 0 Å². The van der Waals surface area contributed by atoms with E-state index < -0.39 is 5.60 Å². The zero-order valence-electron chi connectivity index (χ0n) is 13.3. The van der Waals surface area contributed by atoms with Gasteiger partial charge in [-0.25, -0.2) is 4.79 Å². The second-order valence-corrected chi connectivity index (χ2v) is 7.11. The van der Waals surface area contributed by atoms with Crippen LogP contribution in [0.4, 0.5) is 4.79 Å². The van der Waals surface area contributed by atoms with Gasteiger partial charge in [-0.3, -0.25) is 0 Å². The van der Waals surface area contributed by atoms with Crippen LogP contribution >= 0.6 is 0 Å². The maximum atomic E-state index is 12.2. The van der Waals surface area contributed by atoms with Gasteiger partial charge in [0.25, 0.3) is 0 Å². The molecule has 2 rings (SSSR count). The van der Waals surface area contributed by atoms with Crippen molar-refractivity contribution >= 4 is 6.09 Å². The fourth-order valence-electron chi connectivity index (χ4n) is 2.62. The van der Waals surface area contributed by atoms with E-state index >= 15 is 0 Å². The summed E-state index contributed by atoms with van der Waals surface area (Å²) in [6.07, 6.45) is 3.27. The van der Waals surface area contributed by atoms with Gasteiger partial charge in [0, 0.05) is 31.7 Å². The molecule has 1 amide bonds. The fraction of sp³-hybridized carbons (Fsp3) is 0.933. The van der Waals surface area contributed by atoms with Crippen LogP contribution in [0.5, 0.6) is 0 Å². The van der Waals surface area contributed by atoms with Crippen molar-refractivity contribution in [1.29, 1.82) is 0 Å². The normalized spacial score (nSPS) is 23.9. The SMILES string of the molecule is CN1CCC(NCCN(C(=O)OC(C)(C)C)C2CC2)C1. The Morgan fingerprint density at radius 1 is 1.35 bits per heavy atom. The van der Waals surface area contributed by atoms with Crippen LogP contribution in [0.3, 0.4) is 0 Å². The minimum Gasteiger partial charge on any atom is -0.444 e. The molecule has 116 valence electrons. The summed E-state index contributed by atoms with van der Waals surface area (Å²) in [7, 11) is 2.15. The van der Waals surface area contributed by atoms with Crippen molar-refractivity contribution in [2.45, 2.75) is 57.7 Å². The van der Waals surface area contributed by atoms with Crippen molar-refractivity contribution in [3.05, 3.63) is 0 Å². The molecule has 20 heavy (non-hydrogen) atoms. The Labute approximate surface area is 122 Å². The third kappa shape index (κ3) is 4.94. The highest BCUT2D eigenvalue weighted by molar-refractivity contribution is 5.69. The average molecular weight is 283 g/mol. The fourth-order valence-corrected chi connectivity index (χ4v) is 2.62. The minimum absolute atomic E-state index is 0.162. The van der Waals surface area contributed by atoms with Gasteiger partial charge in [-0.15, -0.1) is 0 Å². The van der Waals surface area contributed by atoms with Crippen molar-refractivity contribution in [2.24, 2.45) is 0 Å². The topological polar surface area (TPSA) is 44.8 Å². The second kappa shape index (κ2) is 6.31. The summed E-state index contributed by atoms with van der Waals surface area (Å²) in [5, 5.41) is 3.55. The number of hydrogen-bond acceptors (Lipinski definition) is 4. The molecule has 1 saturated carbocycles. The molecule has 1 unspecified atom stereocenters. The molecule has 0 aromatic heterocycles. The molecule has 0 aromatic rings. The van der Waals surface area contributed by atoms with Crippen LogP contribution in [0.15, 0.2) is 0 Å². The van der Waals surface area contributed by atoms with Crippen molar-refractivity contribution in [3.8, 4) is 0 Å². The lowest BCUT2D eigenvalue weighted by atomic mass is 10.2. The molecular weight excluding hydrogens is 254 g/mol. The number of carbonyl (C=O) groups is 1. The summed E-state index contributed by atoms with van der Waals surface area (Å²) in [5.74, 6) is 0. The van der Waals surface area contributed by atoms with Crippen molar-refractivity contribution in [2.75, 3.05) is 33.2 Å². The summed E-state index contributed by atoms with van der Waals surface area (Å²) in [4.78, 5) is 16.4. The number of likely N-dealkylation sites (N-methyl/N-ethyl adjacent to an activating group) is 1. The molecule has 5 heteroatoms. The van der Waals surface area contributed by atoms with Crippen LogP contribution in [-0.4, -0.2) is 66.8 Å². The minimum atomic E-state index is -0.411. The summed E-state index contributed by atoms with van der Waals surface area (Å²) < 4.78 is 5.49. The number of hydrogen-bond donors (Lipinski definition) is 1. The Hall–Kier alpha value is -0.810. The highest BCUT2D eigenvalue weighted by Crippen LogP contribution is 2.28. The van der Waals surface area contributed by atoms with Gasteiger partial charge < -0.3 is 19.9 Å². The first-order valence-corrected chi connectivity index (χ1v) is 7.77. The molecule has 1 N–H and O–H groups in total. The van der Waals surface area contributed by atoms with E-state index in [1.807, 2.05) is 25.7 Å². The zero-order chi connectivity index (χ0) is 14.8.